The largest absolute Gasteiger partial charge is 0.372 e. The number of rotatable bonds is 1. The Morgan fingerprint density at radius 1 is 1.30 bits per heavy atom. The molecule has 2 heterocycles. The van der Waals surface area contributed by atoms with Crippen molar-refractivity contribution in [3.8, 4) is 0 Å². The number of carbonyl (C=O) groups is 1. The molecule has 0 atom stereocenters. The van der Waals surface area contributed by atoms with E-state index in [-0.39, 0.29) is 11.5 Å². The van der Waals surface area contributed by atoms with Crippen LogP contribution in [0.1, 0.15) is 24.3 Å². The predicted molar refractivity (Wildman–Crippen MR) is 78.9 cm³/mol. The van der Waals surface area contributed by atoms with E-state index in [1.807, 2.05) is 60.7 Å². The van der Waals surface area contributed by atoms with Crippen LogP contribution < -0.4 is 0 Å². The normalized spacial score (nSPS) is 18.4. The van der Waals surface area contributed by atoms with Gasteiger partial charge in [-0.05, 0) is 26.0 Å². The van der Waals surface area contributed by atoms with E-state index in [2.05, 4.69) is 0 Å². The summed E-state index contributed by atoms with van der Waals surface area (Å²) in [5, 5.41) is 1.10. The Hall–Kier alpha value is -1.81. The van der Waals surface area contributed by atoms with Gasteiger partial charge in [-0.1, -0.05) is 18.2 Å². The zero-order chi connectivity index (χ0) is 14.3. The Kier molecular flexibility index (Phi) is 3.05. The van der Waals surface area contributed by atoms with Crippen LogP contribution in [0.3, 0.4) is 0 Å². The monoisotopic (exact) mass is 272 g/mol. The first-order valence-corrected chi connectivity index (χ1v) is 6.96. The molecule has 0 aliphatic carbocycles. The van der Waals surface area contributed by atoms with E-state index >= 15 is 0 Å². The van der Waals surface area contributed by atoms with E-state index in [9.17, 15) is 4.79 Å². The molecule has 1 aliphatic rings. The van der Waals surface area contributed by atoms with Crippen LogP contribution in [0, 0.1) is 0 Å². The third-order valence-electron chi connectivity index (χ3n) is 3.88. The van der Waals surface area contributed by atoms with Crippen molar-refractivity contribution in [1.29, 1.82) is 0 Å². The highest BCUT2D eigenvalue weighted by Crippen LogP contribution is 2.22. The summed E-state index contributed by atoms with van der Waals surface area (Å²) in [6.07, 6.45) is 0. The van der Waals surface area contributed by atoms with Crippen LogP contribution in [0.5, 0.6) is 0 Å². The number of aromatic nitrogens is 1. The number of ether oxygens (including phenoxy) is 1. The molecule has 0 radical (unpaired) electrons. The highest BCUT2D eigenvalue weighted by atomic mass is 16.5. The van der Waals surface area contributed by atoms with Gasteiger partial charge in [0.2, 0.25) is 0 Å². The SMILES string of the molecule is Cn1c(C(=O)N2CCOC(C)(C)C2)cc2ccccc21. The number of hydrogen-bond acceptors (Lipinski definition) is 2. The fourth-order valence-corrected chi connectivity index (χ4v) is 2.85. The maximum absolute atomic E-state index is 12.7. The van der Waals surface area contributed by atoms with E-state index in [0.717, 1.165) is 16.6 Å². The van der Waals surface area contributed by atoms with Gasteiger partial charge in [0.25, 0.3) is 5.91 Å². The highest BCUT2D eigenvalue weighted by molar-refractivity contribution is 5.98. The van der Waals surface area contributed by atoms with Crippen molar-refractivity contribution in [2.45, 2.75) is 19.4 Å². The molecule has 3 rings (SSSR count). The number of fused-ring (bicyclic) bond motifs is 1. The first-order valence-electron chi connectivity index (χ1n) is 6.96. The van der Waals surface area contributed by atoms with Crippen molar-refractivity contribution in [2.75, 3.05) is 19.7 Å². The van der Waals surface area contributed by atoms with E-state index in [0.29, 0.717) is 19.7 Å². The van der Waals surface area contributed by atoms with Gasteiger partial charge in [0, 0.05) is 31.0 Å². The molecule has 0 spiro atoms. The van der Waals surface area contributed by atoms with Gasteiger partial charge in [0.15, 0.2) is 0 Å². The predicted octanol–water partition coefficient (Wildman–Crippen LogP) is 2.43. The number of hydrogen-bond donors (Lipinski definition) is 0. The van der Waals surface area contributed by atoms with Crippen molar-refractivity contribution < 1.29 is 9.53 Å². The second-order valence-corrected chi connectivity index (χ2v) is 5.98. The van der Waals surface area contributed by atoms with Crippen LogP contribution in [0.2, 0.25) is 0 Å². The maximum Gasteiger partial charge on any atom is 0.270 e. The zero-order valence-electron chi connectivity index (χ0n) is 12.2. The summed E-state index contributed by atoms with van der Waals surface area (Å²) >= 11 is 0. The Bertz CT molecular complexity index is 658. The highest BCUT2D eigenvalue weighted by Gasteiger charge is 2.31. The summed E-state index contributed by atoms with van der Waals surface area (Å²) in [4.78, 5) is 14.6. The summed E-state index contributed by atoms with van der Waals surface area (Å²) in [5.74, 6) is 0.0834. The van der Waals surface area contributed by atoms with Crippen LogP contribution in [0.4, 0.5) is 0 Å². The molecular formula is C16H20N2O2. The second-order valence-electron chi connectivity index (χ2n) is 5.98. The summed E-state index contributed by atoms with van der Waals surface area (Å²) in [7, 11) is 1.95. The number of morpholine rings is 1. The van der Waals surface area contributed by atoms with Crippen molar-refractivity contribution in [2.24, 2.45) is 7.05 Å². The minimum Gasteiger partial charge on any atom is -0.372 e. The fourth-order valence-electron chi connectivity index (χ4n) is 2.85. The third kappa shape index (κ3) is 2.20. The number of aryl methyl sites for hydroxylation is 1. The summed E-state index contributed by atoms with van der Waals surface area (Å²) in [5.41, 5.74) is 1.56. The molecule has 1 fully saturated rings. The lowest BCUT2D eigenvalue weighted by Gasteiger charge is -2.38. The molecule has 1 aromatic heterocycles. The first-order chi connectivity index (χ1) is 9.48. The van der Waals surface area contributed by atoms with E-state index < -0.39 is 0 Å². The van der Waals surface area contributed by atoms with Gasteiger partial charge in [-0.15, -0.1) is 0 Å². The van der Waals surface area contributed by atoms with Crippen molar-refractivity contribution in [3.63, 3.8) is 0 Å². The number of carbonyl (C=O) groups excluding carboxylic acids is 1. The molecule has 1 aromatic carbocycles. The Balaban J connectivity index is 1.94. The maximum atomic E-state index is 12.7. The molecule has 1 saturated heterocycles. The molecule has 1 amide bonds. The second kappa shape index (κ2) is 4.63. The minimum absolute atomic E-state index is 0.0834. The number of amides is 1. The van der Waals surface area contributed by atoms with E-state index in [1.165, 1.54) is 0 Å². The number of para-hydroxylation sites is 1. The zero-order valence-corrected chi connectivity index (χ0v) is 12.2. The fraction of sp³-hybridized carbons (Fsp3) is 0.438. The van der Waals surface area contributed by atoms with Gasteiger partial charge in [0.1, 0.15) is 5.69 Å². The van der Waals surface area contributed by atoms with Crippen LogP contribution >= 0.6 is 0 Å². The molecule has 0 unspecified atom stereocenters. The van der Waals surface area contributed by atoms with Crippen LogP contribution in [0.25, 0.3) is 10.9 Å². The number of benzene rings is 1. The van der Waals surface area contributed by atoms with E-state index in [4.69, 9.17) is 4.74 Å². The molecule has 0 N–H and O–H groups in total. The smallest absolute Gasteiger partial charge is 0.270 e. The average Bonchev–Trinajstić information content (AvgIpc) is 2.75. The Morgan fingerprint density at radius 3 is 2.75 bits per heavy atom. The molecule has 2 aromatic rings. The summed E-state index contributed by atoms with van der Waals surface area (Å²) in [6.45, 7) is 5.93. The topological polar surface area (TPSA) is 34.5 Å². The first kappa shape index (κ1) is 13.2. The molecule has 0 saturated carbocycles. The third-order valence-corrected chi connectivity index (χ3v) is 3.88. The van der Waals surface area contributed by atoms with Gasteiger partial charge >= 0.3 is 0 Å². The quantitative estimate of drug-likeness (QED) is 0.799. The Labute approximate surface area is 118 Å². The van der Waals surface area contributed by atoms with Crippen molar-refractivity contribution in [1.82, 2.24) is 9.47 Å². The van der Waals surface area contributed by atoms with Crippen molar-refractivity contribution in [3.05, 3.63) is 36.0 Å². The minimum atomic E-state index is -0.265. The van der Waals surface area contributed by atoms with Crippen molar-refractivity contribution >= 4 is 16.8 Å². The average molecular weight is 272 g/mol. The molecule has 20 heavy (non-hydrogen) atoms. The van der Waals surface area contributed by atoms with Gasteiger partial charge in [-0.2, -0.15) is 0 Å². The lowest BCUT2D eigenvalue weighted by atomic mass is 10.1. The number of nitrogens with zero attached hydrogens (tertiary/aromatic N) is 2. The lowest BCUT2D eigenvalue weighted by molar-refractivity contribution is -0.0765. The molecule has 1 aliphatic heterocycles. The van der Waals surface area contributed by atoms with Crippen LogP contribution in [-0.2, 0) is 11.8 Å². The van der Waals surface area contributed by atoms with Gasteiger partial charge in [-0.3, -0.25) is 4.79 Å². The van der Waals surface area contributed by atoms with Gasteiger partial charge in [-0.25, -0.2) is 0 Å². The summed E-state index contributed by atoms with van der Waals surface area (Å²) < 4.78 is 7.64. The van der Waals surface area contributed by atoms with Gasteiger partial charge in [0.05, 0.1) is 12.2 Å². The van der Waals surface area contributed by atoms with Crippen LogP contribution in [-0.4, -0.2) is 40.7 Å². The molecule has 4 heteroatoms. The molecular weight excluding hydrogens is 252 g/mol. The van der Waals surface area contributed by atoms with Crippen LogP contribution in [0.15, 0.2) is 30.3 Å². The standard InChI is InChI=1S/C16H20N2O2/c1-16(2)11-18(8-9-20-16)15(19)14-10-12-6-4-5-7-13(12)17(14)3/h4-7,10H,8-9,11H2,1-3H3. The lowest BCUT2D eigenvalue weighted by Crippen LogP contribution is -2.50. The molecule has 106 valence electrons. The van der Waals surface area contributed by atoms with E-state index in [1.54, 1.807) is 0 Å². The Morgan fingerprint density at radius 2 is 2.05 bits per heavy atom. The molecule has 0 bridgehead atoms. The molecule has 4 nitrogen and oxygen atoms in total. The van der Waals surface area contributed by atoms with Gasteiger partial charge < -0.3 is 14.2 Å². The summed E-state index contributed by atoms with van der Waals surface area (Å²) in [6, 6.07) is 10.0.